The summed E-state index contributed by atoms with van der Waals surface area (Å²) in [4.78, 5) is 20.7. The molecule has 1 spiro atoms. The van der Waals surface area contributed by atoms with Gasteiger partial charge in [-0.25, -0.2) is 0 Å². The molecule has 0 radical (unpaired) electrons. The summed E-state index contributed by atoms with van der Waals surface area (Å²) in [6.07, 6.45) is 3.79. The van der Waals surface area contributed by atoms with Crippen LogP contribution in [0.5, 0.6) is 0 Å². The summed E-state index contributed by atoms with van der Waals surface area (Å²) in [7, 11) is 0. The van der Waals surface area contributed by atoms with E-state index in [9.17, 15) is 4.79 Å². The van der Waals surface area contributed by atoms with Gasteiger partial charge in [-0.1, -0.05) is 6.07 Å². The van der Waals surface area contributed by atoms with E-state index in [1.807, 2.05) is 31.1 Å². The fraction of sp³-hybridized carbons (Fsp3) is 0.667. The van der Waals surface area contributed by atoms with Crippen LogP contribution in [0.25, 0.3) is 0 Å². The summed E-state index contributed by atoms with van der Waals surface area (Å²) in [6, 6.07) is 2.32. The monoisotopic (exact) mass is 333 g/mol. The van der Waals surface area contributed by atoms with E-state index < -0.39 is 5.60 Å². The number of ether oxygens (including phenoxy) is 2. The largest absolute Gasteiger partial charge is 0.369 e. The Bertz CT molecular complexity index is 593. The molecule has 132 valence electrons. The highest BCUT2D eigenvalue weighted by atomic mass is 16.5. The summed E-state index contributed by atoms with van der Waals surface area (Å²) in [6.45, 7) is 10.5. The Labute approximate surface area is 143 Å². The van der Waals surface area contributed by atoms with Crippen LogP contribution in [-0.2, 0) is 20.8 Å². The molecule has 0 saturated carbocycles. The van der Waals surface area contributed by atoms with E-state index in [-0.39, 0.29) is 18.6 Å². The summed E-state index contributed by atoms with van der Waals surface area (Å²) in [5.74, 6) is 0.0467. The molecule has 3 rings (SSSR count). The van der Waals surface area contributed by atoms with Crippen LogP contribution in [0.1, 0.15) is 25.0 Å². The lowest BCUT2D eigenvalue weighted by Gasteiger charge is -2.44. The molecule has 1 unspecified atom stereocenters. The smallest absolute Gasteiger partial charge is 0.248 e. The first-order valence-corrected chi connectivity index (χ1v) is 8.61. The van der Waals surface area contributed by atoms with Crippen molar-refractivity contribution in [1.82, 2.24) is 14.8 Å². The normalized spacial score (nSPS) is 26.2. The van der Waals surface area contributed by atoms with Crippen LogP contribution in [0.4, 0.5) is 0 Å². The number of carbonyl (C=O) groups excluding carboxylic acids is 1. The average molecular weight is 333 g/mol. The second-order valence-corrected chi connectivity index (χ2v) is 7.22. The number of aryl methyl sites for hydroxylation is 1. The Kier molecular flexibility index (Phi) is 5.18. The molecule has 2 saturated heterocycles. The maximum absolute atomic E-state index is 12.2. The van der Waals surface area contributed by atoms with E-state index in [0.717, 1.165) is 19.6 Å². The van der Waals surface area contributed by atoms with Gasteiger partial charge in [-0.05, 0) is 31.9 Å². The first-order valence-electron chi connectivity index (χ1n) is 8.61. The van der Waals surface area contributed by atoms with E-state index in [1.165, 1.54) is 11.1 Å². The first kappa shape index (κ1) is 17.3. The molecule has 1 atom stereocenters. The Balaban J connectivity index is 1.72. The van der Waals surface area contributed by atoms with Crippen molar-refractivity contribution in [3.8, 4) is 0 Å². The van der Waals surface area contributed by atoms with Gasteiger partial charge in [0.2, 0.25) is 5.91 Å². The van der Waals surface area contributed by atoms with Gasteiger partial charge in [-0.3, -0.25) is 14.7 Å². The van der Waals surface area contributed by atoms with Gasteiger partial charge >= 0.3 is 0 Å². The Morgan fingerprint density at radius 3 is 2.92 bits per heavy atom. The van der Waals surface area contributed by atoms with Crippen molar-refractivity contribution >= 4 is 5.91 Å². The number of hydrogen-bond acceptors (Lipinski definition) is 5. The molecule has 2 aliphatic rings. The zero-order chi connectivity index (χ0) is 17.2. The van der Waals surface area contributed by atoms with Crippen molar-refractivity contribution < 1.29 is 14.3 Å². The van der Waals surface area contributed by atoms with E-state index in [1.54, 1.807) is 0 Å². The number of amides is 1. The van der Waals surface area contributed by atoms with Gasteiger partial charge in [0.15, 0.2) is 0 Å². The number of aromatic nitrogens is 1. The predicted octanol–water partition coefficient (Wildman–Crippen LogP) is 1.23. The fourth-order valence-corrected chi connectivity index (χ4v) is 3.53. The van der Waals surface area contributed by atoms with Gasteiger partial charge < -0.3 is 14.4 Å². The zero-order valence-corrected chi connectivity index (χ0v) is 14.8. The highest BCUT2D eigenvalue weighted by Gasteiger charge is 2.42. The van der Waals surface area contributed by atoms with E-state index in [4.69, 9.17) is 9.47 Å². The molecule has 6 heteroatoms. The van der Waals surface area contributed by atoms with Gasteiger partial charge in [-0.2, -0.15) is 0 Å². The molecule has 2 fully saturated rings. The molecule has 1 amide bonds. The van der Waals surface area contributed by atoms with Crippen molar-refractivity contribution in [2.75, 3.05) is 39.5 Å². The number of carbonyl (C=O) groups is 1. The summed E-state index contributed by atoms with van der Waals surface area (Å²) >= 11 is 0. The van der Waals surface area contributed by atoms with E-state index >= 15 is 0 Å². The molecule has 24 heavy (non-hydrogen) atoms. The third kappa shape index (κ3) is 3.94. The molecular weight excluding hydrogens is 306 g/mol. The van der Waals surface area contributed by atoms with Crippen molar-refractivity contribution in [2.45, 2.75) is 39.0 Å². The van der Waals surface area contributed by atoms with Gasteiger partial charge in [0.1, 0.15) is 12.2 Å². The fourth-order valence-electron chi connectivity index (χ4n) is 3.53. The number of pyridine rings is 1. The quantitative estimate of drug-likeness (QED) is 0.833. The number of hydrogen-bond donors (Lipinski definition) is 0. The van der Waals surface area contributed by atoms with Gasteiger partial charge in [0.25, 0.3) is 0 Å². The van der Waals surface area contributed by atoms with E-state index in [2.05, 4.69) is 22.9 Å². The molecule has 1 aromatic heterocycles. The van der Waals surface area contributed by atoms with Crippen LogP contribution in [0.15, 0.2) is 18.5 Å². The van der Waals surface area contributed by atoms with Crippen LogP contribution >= 0.6 is 0 Å². The lowest BCUT2D eigenvalue weighted by Crippen LogP contribution is -2.59. The second-order valence-electron chi connectivity index (χ2n) is 7.22. The average Bonchev–Trinajstić information content (AvgIpc) is 2.67. The minimum atomic E-state index is -0.439. The van der Waals surface area contributed by atoms with Crippen molar-refractivity contribution in [3.63, 3.8) is 0 Å². The van der Waals surface area contributed by atoms with Crippen molar-refractivity contribution in [3.05, 3.63) is 29.6 Å². The Hall–Kier alpha value is -1.50. The summed E-state index contributed by atoms with van der Waals surface area (Å²) in [5, 5.41) is 0. The maximum atomic E-state index is 12.2. The first-order chi connectivity index (χ1) is 11.5. The molecule has 0 bridgehead atoms. The van der Waals surface area contributed by atoms with Gasteiger partial charge in [0.05, 0.1) is 19.8 Å². The van der Waals surface area contributed by atoms with Crippen LogP contribution in [0, 0.1) is 6.92 Å². The second kappa shape index (κ2) is 7.17. The highest BCUT2D eigenvalue weighted by molar-refractivity contribution is 5.78. The molecule has 6 nitrogen and oxygen atoms in total. The number of nitrogens with zero attached hydrogens (tertiary/aromatic N) is 3. The maximum Gasteiger partial charge on any atom is 0.248 e. The Morgan fingerprint density at radius 2 is 2.17 bits per heavy atom. The van der Waals surface area contributed by atoms with Crippen LogP contribution in [-0.4, -0.2) is 71.8 Å². The molecule has 2 aliphatic heterocycles. The van der Waals surface area contributed by atoms with Crippen LogP contribution < -0.4 is 0 Å². The number of morpholine rings is 1. The summed E-state index contributed by atoms with van der Waals surface area (Å²) < 4.78 is 11.8. The third-order valence-electron chi connectivity index (χ3n) is 4.66. The van der Waals surface area contributed by atoms with Gasteiger partial charge in [0, 0.05) is 38.1 Å². The highest BCUT2D eigenvalue weighted by Crippen LogP contribution is 2.25. The third-order valence-corrected chi connectivity index (χ3v) is 4.66. The van der Waals surface area contributed by atoms with Crippen LogP contribution in [0.2, 0.25) is 0 Å². The van der Waals surface area contributed by atoms with Crippen molar-refractivity contribution in [1.29, 1.82) is 0 Å². The topological polar surface area (TPSA) is 54.9 Å². The molecule has 3 heterocycles. The minimum absolute atomic E-state index is 0.0467. The van der Waals surface area contributed by atoms with Crippen molar-refractivity contribution in [2.24, 2.45) is 0 Å². The van der Waals surface area contributed by atoms with Crippen LogP contribution in [0.3, 0.4) is 0 Å². The zero-order valence-electron chi connectivity index (χ0n) is 14.8. The lowest BCUT2D eigenvalue weighted by atomic mass is 10.0. The molecular formula is C18H27N3O3. The molecule has 0 N–H and O–H groups in total. The van der Waals surface area contributed by atoms with E-state index in [0.29, 0.717) is 19.8 Å². The molecule has 0 aliphatic carbocycles. The standard InChI is InChI=1S/C18H27N3O3/c1-14(2)21-12-18(13-23-10-17(21)22)11-20(4-5-24-18)9-16-6-15(3)7-19-8-16/h6-8,14H,4-5,9-13H2,1-3H3. The lowest BCUT2D eigenvalue weighted by molar-refractivity contribution is -0.147. The SMILES string of the molecule is Cc1cncc(CN2CCOC3(COCC(=O)N(C(C)C)C3)C2)c1. The Morgan fingerprint density at radius 1 is 1.33 bits per heavy atom. The molecule has 0 aromatic carbocycles. The summed E-state index contributed by atoms with van der Waals surface area (Å²) in [5.41, 5.74) is 1.94. The predicted molar refractivity (Wildman–Crippen MR) is 90.6 cm³/mol. The van der Waals surface area contributed by atoms with Gasteiger partial charge in [-0.15, -0.1) is 0 Å². The number of rotatable bonds is 3. The molecule has 1 aromatic rings. The minimum Gasteiger partial charge on any atom is -0.369 e.